The van der Waals surface area contributed by atoms with Gasteiger partial charge in [-0.1, -0.05) is 18.2 Å². The molecule has 3 heterocycles. The van der Waals surface area contributed by atoms with Crippen molar-refractivity contribution in [3.05, 3.63) is 47.3 Å². The topological polar surface area (TPSA) is 41.4 Å². The van der Waals surface area contributed by atoms with Crippen LogP contribution >= 0.6 is 0 Å². The number of carbonyl (C=O) groups is 1. The summed E-state index contributed by atoms with van der Waals surface area (Å²) in [5, 5.41) is 4.59. The maximum absolute atomic E-state index is 12.9. The molecule has 0 spiro atoms. The molecule has 2 aromatic rings. The third kappa shape index (κ3) is 3.21. The Hall–Kier alpha value is -2.14. The maximum Gasteiger partial charge on any atom is 0.241 e. The minimum atomic E-state index is 0.227. The minimum Gasteiger partial charge on any atom is -0.311 e. The molecule has 5 heteroatoms. The molecule has 5 nitrogen and oxygen atoms in total. The molecule has 4 rings (SSSR count). The maximum atomic E-state index is 12.9. The molecule has 2 aliphatic rings. The van der Waals surface area contributed by atoms with Crippen LogP contribution in [0.1, 0.15) is 29.8 Å². The van der Waals surface area contributed by atoms with Crippen LogP contribution in [-0.4, -0.2) is 46.3 Å². The Balaban J connectivity index is 1.43. The molecule has 1 saturated heterocycles. The zero-order valence-corrected chi connectivity index (χ0v) is 15.1. The zero-order valence-electron chi connectivity index (χ0n) is 15.1. The minimum absolute atomic E-state index is 0.227. The third-order valence-electron chi connectivity index (χ3n) is 5.51. The second-order valence-corrected chi connectivity index (χ2v) is 7.30. The molecule has 0 radical (unpaired) electrons. The van der Waals surface area contributed by atoms with Crippen LogP contribution in [0.15, 0.2) is 30.3 Å². The van der Waals surface area contributed by atoms with Gasteiger partial charge in [-0.15, -0.1) is 0 Å². The average molecular weight is 338 g/mol. The molecule has 1 aromatic heterocycles. The largest absolute Gasteiger partial charge is 0.311 e. The molecule has 1 amide bonds. The number of rotatable bonds is 4. The van der Waals surface area contributed by atoms with Crippen LogP contribution < -0.4 is 4.90 Å². The van der Waals surface area contributed by atoms with Gasteiger partial charge in [-0.25, -0.2) is 0 Å². The molecular weight excluding hydrogens is 312 g/mol. The second kappa shape index (κ2) is 6.64. The number of aryl methyl sites for hydroxylation is 2. The second-order valence-electron chi connectivity index (χ2n) is 7.30. The van der Waals surface area contributed by atoms with Crippen molar-refractivity contribution >= 4 is 11.6 Å². The lowest BCUT2D eigenvalue weighted by Crippen LogP contribution is -2.43. The quantitative estimate of drug-likeness (QED) is 0.860. The number of benzene rings is 1. The first-order chi connectivity index (χ1) is 12.1. The van der Waals surface area contributed by atoms with E-state index < -0.39 is 0 Å². The van der Waals surface area contributed by atoms with Crippen molar-refractivity contribution in [1.29, 1.82) is 0 Å². The zero-order chi connectivity index (χ0) is 17.4. The molecule has 0 unspecified atom stereocenters. The molecule has 0 bridgehead atoms. The predicted molar refractivity (Wildman–Crippen MR) is 98.8 cm³/mol. The molecule has 0 N–H and O–H groups in total. The standard InChI is InChI=1S/C20H26N4O/c1-15-12-16(2)24(21-15)13-18-7-5-10-22(18)14-20(25)23-11-9-17-6-3-4-8-19(17)23/h3-4,6,8,12,18H,5,7,9-11,13-14H2,1-2H3/t18-/m1/s1. The van der Waals surface area contributed by atoms with Gasteiger partial charge in [0.1, 0.15) is 0 Å². The van der Waals surface area contributed by atoms with Crippen LogP contribution in [0.2, 0.25) is 0 Å². The van der Waals surface area contributed by atoms with Gasteiger partial charge >= 0.3 is 0 Å². The summed E-state index contributed by atoms with van der Waals surface area (Å²) >= 11 is 0. The highest BCUT2D eigenvalue weighted by Gasteiger charge is 2.31. The Kier molecular flexibility index (Phi) is 4.34. The number of hydrogen-bond donors (Lipinski definition) is 0. The third-order valence-corrected chi connectivity index (χ3v) is 5.51. The fraction of sp³-hybridized carbons (Fsp3) is 0.500. The van der Waals surface area contributed by atoms with Gasteiger partial charge in [0.2, 0.25) is 5.91 Å². The Labute approximate surface area is 149 Å². The summed E-state index contributed by atoms with van der Waals surface area (Å²) in [5.74, 6) is 0.227. The SMILES string of the molecule is Cc1cc(C)n(C[C@H]2CCCN2CC(=O)N2CCc3ccccc32)n1. The fourth-order valence-electron chi connectivity index (χ4n) is 4.23. The van der Waals surface area contributed by atoms with Crippen LogP contribution in [-0.2, 0) is 17.8 Å². The lowest BCUT2D eigenvalue weighted by Gasteiger charge is -2.27. The fourth-order valence-corrected chi connectivity index (χ4v) is 4.23. The van der Waals surface area contributed by atoms with Crippen molar-refractivity contribution in [2.24, 2.45) is 0 Å². The van der Waals surface area contributed by atoms with E-state index in [0.717, 1.165) is 50.3 Å². The first kappa shape index (κ1) is 16.3. The Morgan fingerprint density at radius 3 is 2.88 bits per heavy atom. The van der Waals surface area contributed by atoms with Gasteiger partial charge < -0.3 is 4.90 Å². The summed E-state index contributed by atoms with van der Waals surface area (Å²) in [6.45, 7) is 7.34. The summed E-state index contributed by atoms with van der Waals surface area (Å²) in [6.07, 6.45) is 3.27. The van der Waals surface area contributed by atoms with Crippen molar-refractivity contribution < 1.29 is 4.79 Å². The number of likely N-dealkylation sites (tertiary alicyclic amines) is 1. The van der Waals surface area contributed by atoms with Gasteiger partial charge in [-0.05, 0) is 57.4 Å². The van der Waals surface area contributed by atoms with E-state index in [9.17, 15) is 4.79 Å². The highest BCUT2D eigenvalue weighted by Crippen LogP contribution is 2.28. The molecule has 132 valence electrons. The molecule has 0 aliphatic carbocycles. The summed E-state index contributed by atoms with van der Waals surface area (Å²) in [7, 11) is 0. The Bertz CT molecular complexity index is 782. The summed E-state index contributed by atoms with van der Waals surface area (Å²) in [4.78, 5) is 17.2. The lowest BCUT2D eigenvalue weighted by atomic mass is 10.2. The van der Waals surface area contributed by atoms with E-state index in [1.807, 2.05) is 17.9 Å². The van der Waals surface area contributed by atoms with E-state index in [0.29, 0.717) is 12.6 Å². The van der Waals surface area contributed by atoms with Crippen LogP contribution in [0.4, 0.5) is 5.69 Å². The molecule has 2 aliphatic heterocycles. The number of hydrogen-bond acceptors (Lipinski definition) is 3. The van der Waals surface area contributed by atoms with E-state index >= 15 is 0 Å². The lowest BCUT2D eigenvalue weighted by molar-refractivity contribution is -0.119. The first-order valence-corrected chi connectivity index (χ1v) is 9.25. The van der Waals surface area contributed by atoms with Crippen molar-refractivity contribution in [3.8, 4) is 0 Å². The van der Waals surface area contributed by atoms with Gasteiger partial charge in [-0.2, -0.15) is 5.10 Å². The van der Waals surface area contributed by atoms with Gasteiger partial charge in [0.05, 0.1) is 18.8 Å². The molecule has 0 saturated carbocycles. The summed E-state index contributed by atoms with van der Waals surface area (Å²) < 4.78 is 2.09. The monoisotopic (exact) mass is 338 g/mol. The van der Waals surface area contributed by atoms with Crippen molar-refractivity contribution in [1.82, 2.24) is 14.7 Å². The summed E-state index contributed by atoms with van der Waals surface area (Å²) in [5.41, 5.74) is 4.65. The summed E-state index contributed by atoms with van der Waals surface area (Å²) in [6, 6.07) is 10.8. The van der Waals surface area contributed by atoms with E-state index in [-0.39, 0.29) is 5.91 Å². The van der Waals surface area contributed by atoms with Crippen LogP contribution in [0.25, 0.3) is 0 Å². The number of aromatic nitrogens is 2. The number of nitrogens with zero attached hydrogens (tertiary/aromatic N) is 4. The van der Waals surface area contributed by atoms with Gasteiger partial charge in [0, 0.05) is 24.0 Å². The highest BCUT2D eigenvalue weighted by atomic mass is 16.2. The number of fused-ring (bicyclic) bond motifs is 1. The van der Waals surface area contributed by atoms with Crippen molar-refractivity contribution in [3.63, 3.8) is 0 Å². The molecule has 1 fully saturated rings. The first-order valence-electron chi connectivity index (χ1n) is 9.25. The van der Waals surface area contributed by atoms with Crippen LogP contribution in [0, 0.1) is 13.8 Å². The average Bonchev–Trinajstić information content (AvgIpc) is 3.28. The van der Waals surface area contributed by atoms with E-state index in [1.165, 1.54) is 11.3 Å². The van der Waals surface area contributed by atoms with Crippen LogP contribution in [0.5, 0.6) is 0 Å². The van der Waals surface area contributed by atoms with Gasteiger partial charge in [0.15, 0.2) is 0 Å². The molecule has 1 atom stereocenters. The number of para-hydroxylation sites is 1. The van der Waals surface area contributed by atoms with Gasteiger partial charge in [0.25, 0.3) is 0 Å². The smallest absolute Gasteiger partial charge is 0.241 e. The molecule has 25 heavy (non-hydrogen) atoms. The van der Waals surface area contributed by atoms with E-state index in [4.69, 9.17) is 0 Å². The van der Waals surface area contributed by atoms with E-state index in [1.54, 1.807) is 0 Å². The van der Waals surface area contributed by atoms with Gasteiger partial charge in [-0.3, -0.25) is 14.4 Å². The number of anilines is 1. The highest BCUT2D eigenvalue weighted by molar-refractivity contribution is 5.96. The van der Waals surface area contributed by atoms with Crippen molar-refractivity contribution in [2.75, 3.05) is 24.5 Å². The predicted octanol–water partition coefficient (Wildman–Crippen LogP) is 2.55. The van der Waals surface area contributed by atoms with Crippen molar-refractivity contribution in [2.45, 2.75) is 45.7 Å². The number of amides is 1. The normalized spacial score (nSPS) is 20.2. The number of carbonyl (C=O) groups excluding carboxylic acids is 1. The Morgan fingerprint density at radius 1 is 1.24 bits per heavy atom. The Morgan fingerprint density at radius 2 is 2.08 bits per heavy atom. The van der Waals surface area contributed by atoms with Crippen LogP contribution in [0.3, 0.4) is 0 Å². The van der Waals surface area contributed by atoms with E-state index in [2.05, 4.69) is 45.9 Å². The molecule has 1 aromatic carbocycles. The molecular formula is C20H26N4O.